The molecule has 0 amide bonds. The molecule has 2 aliphatic rings. The Labute approximate surface area is 80.6 Å². The van der Waals surface area contributed by atoms with E-state index in [1.165, 1.54) is 38.8 Å². The van der Waals surface area contributed by atoms with Gasteiger partial charge in [0, 0.05) is 26.3 Å². The SMILES string of the molecule is C=CN1CCC2(CCOCC2)CC1. The summed E-state index contributed by atoms with van der Waals surface area (Å²) < 4.78 is 5.42. The van der Waals surface area contributed by atoms with E-state index in [1.54, 1.807) is 0 Å². The molecular weight excluding hydrogens is 162 g/mol. The zero-order valence-electron chi connectivity index (χ0n) is 8.30. The van der Waals surface area contributed by atoms with E-state index >= 15 is 0 Å². The largest absolute Gasteiger partial charge is 0.381 e. The third-order valence-corrected chi connectivity index (χ3v) is 3.67. The molecule has 2 heteroatoms. The third kappa shape index (κ3) is 1.88. The molecule has 0 atom stereocenters. The molecule has 0 aromatic carbocycles. The summed E-state index contributed by atoms with van der Waals surface area (Å²) in [6.07, 6.45) is 7.20. The van der Waals surface area contributed by atoms with Gasteiger partial charge in [-0.1, -0.05) is 6.58 Å². The van der Waals surface area contributed by atoms with Crippen LogP contribution in [0.3, 0.4) is 0 Å². The first-order valence-electron chi connectivity index (χ1n) is 5.29. The van der Waals surface area contributed by atoms with E-state index in [0.717, 1.165) is 13.2 Å². The van der Waals surface area contributed by atoms with Crippen LogP contribution in [0.15, 0.2) is 12.8 Å². The highest BCUT2D eigenvalue weighted by Crippen LogP contribution is 2.40. The summed E-state index contributed by atoms with van der Waals surface area (Å²) in [5, 5.41) is 0. The smallest absolute Gasteiger partial charge is 0.0471 e. The number of rotatable bonds is 1. The van der Waals surface area contributed by atoms with Crippen LogP contribution < -0.4 is 0 Å². The number of likely N-dealkylation sites (tertiary alicyclic amines) is 1. The molecule has 0 aromatic heterocycles. The zero-order chi connectivity index (χ0) is 9.15. The second kappa shape index (κ2) is 3.70. The summed E-state index contributed by atoms with van der Waals surface area (Å²) >= 11 is 0. The number of piperidine rings is 1. The van der Waals surface area contributed by atoms with Crippen LogP contribution in [0, 0.1) is 5.41 Å². The lowest BCUT2D eigenvalue weighted by Crippen LogP contribution is -2.40. The molecule has 0 radical (unpaired) electrons. The maximum Gasteiger partial charge on any atom is 0.0471 e. The minimum Gasteiger partial charge on any atom is -0.381 e. The Morgan fingerprint density at radius 3 is 2.23 bits per heavy atom. The normalized spacial score (nSPS) is 27.5. The summed E-state index contributed by atoms with van der Waals surface area (Å²) in [6.45, 7) is 8.18. The van der Waals surface area contributed by atoms with Gasteiger partial charge in [-0.05, 0) is 37.3 Å². The van der Waals surface area contributed by atoms with E-state index in [9.17, 15) is 0 Å². The van der Waals surface area contributed by atoms with Gasteiger partial charge in [0.2, 0.25) is 0 Å². The molecule has 2 nitrogen and oxygen atoms in total. The Kier molecular flexibility index (Phi) is 2.58. The molecule has 2 fully saturated rings. The minimum atomic E-state index is 0.623. The molecule has 2 rings (SSSR count). The summed E-state index contributed by atoms with van der Waals surface area (Å²) in [4.78, 5) is 2.33. The second-order valence-electron chi connectivity index (χ2n) is 4.33. The lowest BCUT2D eigenvalue weighted by Gasteiger charge is -2.43. The van der Waals surface area contributed by atoms with Gasteiger partial charge in [-0.3, -0.25) is 0 Å². The van der Waals surface area contributed by atoms with Crippen molar-refractivity contribution in [2.24, 2.45) is 5.41 Å². The van der Waals surface area contributed by atoms with E-state index in [4.69, 9.17) is 4.74 Å². The average Bonchev–Trinajstić information content (AvgIpc) is 2.20. The van der Waals surface area contributed by atoms with Crippen LogP contribution in [0.4, 0.5) is 0 Å². The van der Waals surface area contributed by atoms with E-state index in [2.05, 4.69) is 11.5 Å². The van der Waals surface area contributed by atoms with Crippen molar-refractivity contribution in [2.45, 2.75) is 25.7 Å². The first-order chi connectivity index (χ1) is 6.35. The Balaban J connectivity index is 1.91. The molecule has 13 heavy (non-hydrogen) atoms. The predicted octanol–water partition coefficient (Wildman–Crippen LogP) is 2.02. The van der Waals surface area contributed by atoms with Crippen LogP contribution >= 0.6 is 0 Å². The van der Waals surface area contributed by atoms with Gasteiger partial charge in [0.15, 0.2) is 0 Å². The molecular formula is C11H19NO. The molecule has 0 N–H and O–H groups in total. The molecule has 2 heterocycles. The highest BCUT2D eigenvalue weighted by atomic mass is 16.5. The van der Waals surface area contributed by atoms with Crippen molar-refractivity contribution in [1.82, 2.24) is 4.90 Å². The molecule has 0 unspecified atom stereocenters. The fourth-order valence-corrected chi connectivity index (χ4v) is 2.49. The van der Waals surface area contributed by atoms with E-state index < -0.39 is 0 Å². The van der Waals surface area contributed by atoms with Gasteiger partial charge >= 0.3 is 0 Å². The summed E-state index contributed by atoms with van der Waals surface area (Å²) in [5.74, 6) is 0. The molecule has 1 spiro atoms. The lowest BCUT2D eigenvalue weighted by atomic mass is 9.73. The molecule has 2 saturated heterocycles. The van der Waals surface area contributed by atoms with Crippen molar-refractivity contribution in [3.63, 3.8) is 0 Å². The van der Waals surface area contributed by atoms with E-state index in [-0.39, 0.29) is 0 Å². The van der Waals surface area contributed by atoms with Crippen molar-refractivity contribution < 1.29 is 4.74 Å². The Morgan fingerprint density at radius 2 is 1.69 bits per heavy atom. The summed E-state index contributed by atoms with van der Waals surface area (Å²) in [5.41, 5.74) is 0.623. The third-order valence-electron chi connectivity index (χ3n) is 3.67. The Bertz CT molecular complexity index is 175. The topological polar surface area (TPSA) is 12.5 Å². The fourth-order valence-electron chi connectivity index (χ4n) is 2.49. The van der Waals surface area contributed by atoms with Gasteiger partial charge in [0.25, 0.3) is 0 Å². The number of hydrogen-bond donors (Lipinski definition) is 0. The van der Waals surface area contributed by atoms with Crippen LogP contribution in [0.25, 0.3) is 0 Å². The molecule has 0 bridgehead atoms. The molecule has 0 aromatic rings. The maximum absolute atomic E-state index is 5.42. The lowest BCUT2D eigenvalue weighted by molar-refractivity contribution is -0.0140. The van der Waals surface area contributed by atoms with E-state index in [0.29, 0.717) is 5.41 Å². The first kappa shape index (κ1) is 9.07. The quantitative estimate of drug-likeness (QED) is 0.613. The monoisotopic (exact) mass is 181 g/mol. The highest BCUT2D eigenvalue weighted by Gasteiger charge is 2.35. The minimum absolute atomic E-state index is 0.623. The van der Waals surface area contributed by atoms with Crippen molar-refractivity contribution in [2.75, 3.05) is 26.3 Å². The van der Waals surface area contributed by atoms with Crippen molar-refractivity contribution in [1.29, 1.82) is 0 Å². The Morgan fingerprint density at radius 1 is 1.08 bits per heavy atom. The van der Waals surface area contributed by atoms with Crippen LogP contribution in [-0.2, 0) is 4.74 Å². The van der Waals surface area contributed by atoms with E-state index in [1.807, 2.05) is 6.20 Å². The van der Waals surface area contributed by atoms with Crippen molar-refractivity contribution in [3.05, 3.63) is 12.8 Å². The van der Waals surface area contributed by atoms with Crippen LogP contribution in [0.5, 0.6) is 0 Å². The van der Waals surface area contributed by atoms with Gasteiger partial charge in [-0.2, -0.15) is 0 Å². The standard InChI is InChI=1S/C11H19NO/c1-2-12-7-3-11(4-8-12)5-9-13-10-6-11/h2H,1,3-10H2. The zero-order valence-corrected chi connectivity index (χ0v) is 8.30. The molecule has 0 aliphatic carbocycles. The van der Waals surface area contributed by atoms with Gasteiger partial charge in [-0.25, -0.2) is 0 Å². The van der Waals surface area contributed by atoms with Gasteiger partial charge in [0.05, 0.1) is 0 Å². The predicted molar refractivity (Wildman–Crippen MR) is 53.5 cm³/mol. The summed E-state index contributed by atoms with van der Waals surface area (Å²) in [6, 6.07) is 0. The molecule has 74 valence electrons. The number of ether oxygens (including phenoxy) is 1. The average molecular weight is 181 g/mol. The molecule has 2 aliphatic heterocycles. The van der Waals surface area contributed by atoms with Crippen LogP contribution in [-0.4, -0.2) is 31.2 Å². The number of nitrogens with zero attached hydrogens (tertiary/aromatic N) is 1. The Hall–Kier alpha value is -0.500. The van der Waals surface area contributed by atoms with Crippen LogP contribution in [0.2, 0.25) is 0 Å². The fraction of sp³-hybridized carbons (Fsp3) is 0.818. The first-order valence-corrected chi connectivity index (χ1v) is 5.29. The van der Waals surface area contributed by atoms with Gasteiger partial charge in [0.1, 0.15) is 0 Å². The molecule has 0 saturated carbocycles. The second-order valence-corrected chi connectivity index (χ2v) is 4.33. The van der Waals surface area contributed by atoms with Gasteiger partial charge in [-0.15, -0.1) is 0 Å². The highest BCUT2D eigenvalue weighted by molar-refractivity contribution is 4.89. The van der Waals surface area contributed by atoms with Crippen molar-refractivity contribution in [3.8, 4) is 0 Å². The van der Waals surface area contributed by atoms with Crippen molar-refractivity contribution >= 4 is 0 Å². The van der Waals surface area contributed by atoms with Crippen LogP contribution in [0.1, 0.15) is 25.7 Å². The number of hydrogen-bond acceptors (Lipinski definition) is 2. The maximum atomic E-state index is 5.42. The summed E-state index contributed by atoms with van der Waals surface area (Å²) in [7, 11) is 0. The van der Waals surface area contributed by atoms with Gasteiger partial charge < -0.3 is 9.64 Å².